The van der Waals surface area contributed by atoms with Crippen LogP contribution in [-0.2, 0) is 16.6 Å². The maximum absolute atomic E-state index is 11.9. The predicted molar refractivity (Wildman–Crippen MR) is 64.1 cm³/mol. The van der Waals surface area contributed by atoms with Crippen molar-refractivity contribution in [1.29, 1.82) is 0 Å². The van der Waals surface area contributed by atoms with Crippen molar-refractivity contribution in [3.63, 3.8) is 0 Å². The molecule has 0 aliphatic heterocycles. The summed E-state index contributed by atoms with van der Waals surface area (Å²) in [5.41, 5.74) is 0.681. The van der Waals surface area contributed by atoms with Gasteiger partial charge in [0.2, 0.25) is 10.0 Å². The van der Waals surface area contributed by atoms with Crippen molar-refractivity contribution >= 4 is 21.6 Å². The molecule has 17 heavy (non-hydrogen) atoms. The van der Waals surface area contributed by atoms with Crippen LogP contribution < -0.4 is 4.72 Å². The van der Waals surface area contributed by atoms with Gasteiger partial charge in [0, 0.05) is 11.9 Å². The maximum Gasteiger partial charge on any atom is 0.242 e. The van der Waals surface area contributed by atoms with E-state index in [0.29, 0.717) is 5.69 Å². The average Bonchev–Trinajstić information content (AvgIpc) is 2.80. The first-order chi connectivity index (χ1) is 8.09. The Balaban J connectivity index is 2.17. The number of benzene rings is 1. The Morgan fingerprint density at radius 3 is 2.76 bits per heavy atom. The third kappa shape index (κ3) is 2.85. The fraction of sp³-hybridized carbons (Fsp3) is 0.100. The quantitative estimate of drug-likeness (QED) is 0.886. The molecule has 0 bridgehead atoms. The number of aromatic nitrogens is 2. The number of hydrogen-bond donors (Lipinski definition) is 2. The highest BCUT2D eigenvalue weighted by Gasteiger charge is 2.16. The second-order valence-electron chi connectivity index (χ2n) is 3.33. The minimum atomic E-state index is -3.60. The lowest BCUT2D eigenvalue weighted by atomic mass is 10.4. The van der Waals surface area contributed by atoms with Crippen LogP contribution in [0.25, 0.3) is 0 Å². The molecular weight excluding hydrogens is 262 g/mol. The molecule has 0 unspecified atom stereocenters. The van der Waals surface area contributed by atoms with E-state index in [1.54, 1.807) is 18.3 Å². The van der Waals surface area contributed by atoms with Crippen molar-refractivity contribution < 1.29 is 8.42 Å². The molecule has 90 valence electrons. The summed E-state index contributed by atoms with van der Waals surface area (Å²) >= 11 is 5.83. The Bertz CT molecular complexity index is 596. The molecule has 2 rings (SSSR count). The lowest BCUT2D eigenvalue weighted by molar-refractivity contribution is 0.580. The van der Waals surface area contributed by atoms with Gasteiger partial charge >= 0.3 is 0 Å². The molecule has 1 aromatic carbocycles. The topological polar surface area (TPSA) is 74.8 Å². The Hall–Kier alpha value is -1.37. The van der Waals surface area contributed by atoms with Crippen LogP contribution in [0.5, 0.6) is 0 Å². The van der Waals surface area contributed by atoms with E-state index >= 15 is 0 Å². The molecule has 2 aromatic rings. The Kier molecular flexibility index (Phi) is 3.46. The number of nitrogens with one attached hydrogen (secondary N) is 2. The van der Waals surface area contributed by atoms with Crippen molar-refractivity contribution in [3.05, 3.63) is 47.5 Å². The zero-order chi connectivity index (χ0) is 12.3. The molecule has 5 nitrogen and oxygen atoms in total. The van der Waals surface area contributed by atoms with Gasteiger partial charge in [-0.05, 0) is 12.1 Å². The molecule has 2 N–H and O–H groups in total. The van der Waals surface area contributed by atoms with Crippen molar-refractivity contribution in [1.82, 2.24) is 14.7 Å². The fourth-order valence-electron chi connectivity index (χ4n) is 1.29. The predicted octanol–water partition coefficient (Wildman–Crippen LogP) is 1.54. The first kappa shape index (κ1) is 12.1. The number of imidazole rings is 1. The first-order valence-electron chi connectivity index (χ1n) is 4.81. The number of aromatic amines is 1. The standard InChI is InChI=1S/C10H10ClN3O2S/c11-9-3-1-2-4-10(9)17(15,16)14-6-8-5-12-7-13-8/h1-5,7,14H,6H2,(H,12,13). The summed E-state index contributed by atoms with van der Waals surface area (Å²) in [4.78, 5) is 6.67. The van der Waals surface area contributed by atoms with Crippen LogP contribution in [0, 0.1) is 0 Å². The van der Waals surface area contributed by atoms with Crippen LogP contribution in [0.4, 0.5) is 0 Å². The Morgan fingerprint density at radius 1 is 1.35 bits per heavy atom. The van der Waals surface area contributed by atoms with E-state index in [0.717, 1.165) is 0 Å². The third-order valence-corrected chi connectivity index (χ3v) is 4.03. The Labute approximate surface area is 104 Å². The van der Waals surface area contributed by atoms with Crippen LogP contribution in [-0.4, -0.2) is 18.4 Å². The largest absolute Gasteiger partial charge is 0.347 e. The number of hydrogen-bond acceptors (Lipinski definition) is 3. The van der Waals surface area contributed by atoms with Gasteiger partial charge in [0.15, 0.2) is 0 Å². The number of nitrogens with zero attached hydrogens (tertiary/aromatic N) is 1. The second-order valence-corrected chi connectivity index (χ2v) is 5.47. The molecule has 0 amide bonds. The molecule has 1 aromatic heterocycles. The van der Waals surface area contributed by atoms with Crippen molar-refractivity contribution in [3.8, 4) is 0 Å². The van der Waals surface area contributed by atoms with E-state index in [4.69, 9.17) is 11.6 Å². The van der Waals surface area contributed by atoms with E-state index in [2.05, 4.69) is 14.7 Å². The van der Waals surface area contributed by atoms with Gasteiger partial charge < -0.3 is 4.98 Å². The summed E-state index contributed by atoms with van der Waals surface area (Å²) in [7, 11) is -3.60. The van der Waals surface area contributed by atoms with Crippen molar-refractivity contribution in [2.45, 2.75) is 11.4 Å². The highest BCUT2D eigenvalue weighted by molar-refractivity contribution is 7.89. The van der Waals surface area contributed by atoms with Crippen molar-refractivity contribution in [2.75, 3.05) is 0 Å². The molecule has 0 spiro atoms. The van der Waals surface area contributed by atoms with Crippen LogP contribution in [0.1, 0.15) is 5.69 Å². The summed E-state index contributed by atoms with van der Waals surface area (Å²) in [6, 6.07) is 6.29. The number of rotatable bonds is 4. The van der Waals surface area contributed by atoms with E-state index in [-0.39, 0.29) is 16.5 Å². The average molecular weight is 272 g/mol. The monoisotopic (exact) mass is 271 g/mol. The van der Waals surface area contributed by atoms with Crippen LogP contribution >= 0.6 is 11.6 Å². The summed E-state index contributed by atoms with van der Waals surface area (Å²) in [6.45, 7) is 0.146. The SMILES string of the molecule is O=S(=O)(NCc1cnc[nH]1)c1ccccc1Cl. The van der Waals surface area contributed by atoms with E-state index in [1.165, 1.54) is 18.5 Å². The van der Waals surface area contributed by atoms with Gasteiger partial charge in [0.1, 0.15) is 4.90 Å². The van der Waals surface area contributed by atoms with Gasteiger partial charge in [-0.3, -0.25) is 0 Å². The minimum Gasteiger partial charge on any atom is -0.347 e. The molecule has 0 aliphatic rings. The normalized spacial score (nSPS) is 11.6. The van der Waals surface area contributed by atoms with Gasteiger partial charge in [0.25, 0.3) is 0 Å². The molecule has 0 aliphatic carbocycles. The first-order valence-corrected chi connectivity index (χ1v) is 6.67. The molecule has 0 fully saturated rings. The second kappa shape index (κ2) is 4.87. The van der Waals surface area contributed by atoms with Crippen molar-refractivity contribution in [2.24, 2.45) is 0 Å². The van der Waals surface area contributed by atoms with Gasteiger partial charge in [-0.25, -0.2) is 18.1 Å². The van der Waals surface area contributed by atoms with Gasteiger partial charge in [-0.1, -0.05) is 23.7 Å². The third-order valence-electron chi connectivity index (χ3n) is 2.13. The molecule has 0 saturated heterocycles. The highest BCUT2D eigenvalue weighted by Crippen LogP contribution is 2.20. The number of sulfonamides is 1. The van der Waals surface area contributed by atoms with E-state index < -0.39 is 10.0 Å². The molecule has 1 heterocycles. The van der Waals surface area contributed by atoms with Gasteiger partial charge in [-0.15, -0.1) is 0 Å². The fourth-order valence-corrected chi connectivity index (χ4v) is 2.82. The number of halogens is 1. The molecular formula is C10H10ClN3O2S. The highest BCUT2D eigenvalue weighted by atomic mass is 35.5. The van der Waals surface area contributed by atoms with Crippen LogP contribution in [0.3, 0.4) is 0 Å². The van der Waals surface area contributed by atoms with E-state index in [1.807, 2.05) is 0 Å². The lowest BCUT2D eigenvalue weighted by Crippen LogP contribution is -2.23. The molecule has 0 atom stereocenters. The summed E-state index contributed by atoms with van der Waals surface area (Å²) in [5.74, 6) is 0. The summed E-state index contributed by atoms with van der Waals surface area (Å²) in [5, 5.41) is 0.199. The summed E-state index contributed by atoms with van der Waals surface area (Å²) in [6.07, 6.45) is 3.04. The van der Waals surface area contributed by atoms with Gasteiger partial charge in [-0.2, -0.15) is 0 Å². The van der Waals surface area contributed by atoms with Crippen LogP contribution in [0.15, 0.2) is 41.7 Å². The zero-order valence-electron chi connectivity index (χ0n) is 8.72. The number of H-pyrrole nitrogens is 1. The Morgan fingerprint density at radius 2 is 2.12 bits per heavy atom. The van der Waals surface area contributed by atoms with Crippen LogP contribution in [0.2, 0.25) is 5.02 Å². The lowest BCUT2D eigenvalue weighted by Gasteiger charge is -2.06. The maximum atomic E-state index is 11.9. The molecule has 0 saturated carbocycles. The smallest absolute Gasteiger partial charge is 0.242 e. The zero-order valence-corrected chi connectivity index (χ0v) is 10.3. The van der Waals surface area contributed by atoms with Gasteiger partial charge in [0.05, 0.1) is 17.9 Å². The minimum absolute atomic E-state index is 0.0705. The summed E-state index contributed by atoms with van der Waals surface area (Å²) < 4.78 is 26.3. The molecule has 7 heteroatoms. The van der Waals surface area contributed by atoms with E-state index in [9.17, 15) is 8.42 Å². The molecule has 0 radical (unpaired) electrons.